The predicted octanol–water partition coefficient (Wildman–Crippen LogP) is 1.90. The van der Waals surface area contributed by atoms with Gasteiger partial charge in [-0.25, -0.2) is 13.1 Å². The Labute approximate surface area is 114 Å². The van der Waals surface area contributed by atoms with Crippen LogP contribution in [0.25, 0.3) is 0 Å². The summed E-state index contributed by atoms with van der Waals surface area (Å²) >= 11 is 3.29. The largest absolute Gasteiger partial charge is 0.481 e. The molecule has 0 radical (unpaired) electrons. The maximum atomic E-state index is 11.6. The van der Waals surface area contributed by atoms with Crippen LogP contribution in [0.2, 0.25) is 0 Å². The van der Waals surface area contributed by atoms with E-state index in [1.807, 2.05) is 12.1 Å². The van der Waals surface area contributed by atoms with Crippen LogP contribution < -0.4 is 4.72 Å². The molecule has 100 valence electrons. The predicted molar refractivity (Wildman–Crippen MR) is 71.7 cm³/mol. The molecule has 0 unspecified atom stereocenters. The maximum absolute atomic E-state index is 11.6. The normalized spacial score (nSPS) is 13.2. The number of carbonyl (C=O) groups is 1. The van der Waals surface area contributed by atoms with Crippen molar-refractivity contribution in [1.29, 1.82) is 0 Å². The number of nitrogens with one attached hydrogen (secondary N) is 1. The molecular weight excluding hydrogens is 322 g/mol. The molecule has 18 heavy (non-hydrogen) atoms. The van der Waals surface area contributed by atoms with Crippen LogP contribution in [0.3, 0.4) is 0 Å². The molecule has 0 heterocycles. The fraction of sp³-hybridized carbons (Fsp3) is 0.364. The molecule has 1 atom stereocenters. The Balaban J connectivity index is 2.66. The Bertz CT molecular complexity index is 512. The van der Waals surface area contributed by atoms with Crippen molar-refractivity contribution < 1.29 is 18.3 Å². The van der Waals surface area contributed by atoms with Crippen molar-refractivity contribution in [1.82, 2.24) is 4.72 Å². The molecule has 2 N–H and O–H groups in total. The van der Waals surface area contributed by atoms with Crippen molar-refractivity contribution in [2.45, 2.75) is 19.4 Å². The first-order valence-electron chi connectivity index (χ1n) is 5.27. The van der Waals surface area contributed by atoms with Gasteiger partial charge in [-0.05, 0) is 24.6 Å². The lowest BCUT2D eigenvalue weighted by Crippen LogP contribution is -2.30. The number of benzene rings is 1. The van der Waals surface area contributed by atoms with Crippen molar-refractivity contribution in [3.05, 3.63) is 34.3 Å². The van der Waals surface area contributed by atoms with Crippen molar-refractivity contribution in [2.24, 2.45) is 0 Å². The molecule has 0 saturated carbocycles. The average molecular weight is 336 g/mol. The van der Waals surface area contributed by atoms with E-state index in [0.717, 1.165) is 10.0 Å². The van der Waals surface area contributed by atoms with Crippen LogP contribution in [0, 0.1) is 0 Å². The maximum Gasteiger partial charge on any atom is 0.304 e. The third-order valence-corrected chi connectivity index (χ3v) is 4.29. The molecule has 1 aromatic carbocycles. The number of carboxylic acid groups (broad SMARTS) is 1. The lowest BCUT2D eigenvalue weighted by atomic mass is 10.1. The molecule has 0 bridgehead atoms. The first-order valence-corrected chi connectivity index (χ1v) is 7.72. The average Bonchev–Trinajstić information content (AvgIpc) is 2.27. The van der Waals surface area contributed by atoms with Crippen LogP contribution in [0.4, 0.5) is 0 Å². The van der Waals surface area contributed by atoms with Crippen LogP contribution in [-0.2, 0) is 14.8 Å². The standard InChI is InChI=1S/C11H14BrNO4S/c1-8(9-2-4-10(12)5-3-9)13-18(16,17)7-6-11(14)15/h2-5,8,13H,6-7H2,1H3,(H,14,15)/t8-/m1/s1. The zero-order valence-corrected chi connectivity index (χ0v) is 12.2. The SMILES string of the molecule is C[C@@H](NS(=O)(=O)CCC(=O)O)c1ccc(Br)cc1. The molecule has 0 spiro atoms. The van der Waals surface area contributed by atoms with Gasteiger partial charge in [0.15, 0.2) is 0 Å². The Morgan fingerprint density at radius 1 is 1.39 bits per heavy atom. The minimum absolute atomic E-state index is 0.392. The van der Waals surface area contributed by atoms with E-state index in [2.05, 4.69) is 20.7 Å². The lowest BCUT2D eigenvalue weighted by molar-refractivity contribution is -0.136. The number of aliphatic carboxylic acids is 1. The van der Waals surface area contributed by atoms with Gasteiger partial charge in [-0.15, -0.1) is 0 Å². The summed E-state index contributed by atoms with van der Waals surface area (Å²) in [5.74, 6) is -1.54. The van der Waals surface area contributed by atoms with Gasteiger partial charge in [0, 0.05) is 10.5 Å². The number of rotatable bonds is 6. The number of sulfonamides is 1. The van der Waals surface area contributed by atoms with Gasteiger partial charge < -0.3 is 5.11 Å². The van der Waals surface area contributed by atoms with Gasteiger partial charge in [0.25, 0.3) is 0 Å². The number of hydrogen-bond donors (Lipinski definition) is 2. The monoisotopic (exact) mass is 335 g/mol. The molecule has 0 aliphatic carbocycles. The van der Waals surface area contributed by atoms with Crippen molar-refractivity contribution >= 4 is 31.9 Å². The summed E-state index contributed by atoms with van der Waals surface area (Å²) in [6.45, 7) is 1.71. The van der Waals surface area contributed by atoms with Crippen molar-refractivity contribution in [2.75, 3.05) is 5.75 Å². The smallest absolute Gasteiger partial charge is 0.304 e. The quantitative estimate of drug-likeness (QED) is 0.831. The highest BCUT2D eigenvalue weighted by Crippen LogP contribution is 2.17. The lowest BCUT2D eigenvalue weighted by Gasteiger charge is -2.14. The van der Waals surface area contributed by atoms with Gasteiger partial charge in [0.2, 0.25) is 10.0 Å². The van der Waals surface area contributed by atoms with Crippen LogP contribution in [0.15, 0.2) is 28.7 Å². The van der Waals surface area contributed by atoms with Gasteiger partial charge in [-0.1, -0.05) is 28.1 Å². The third-order valence-electron chi connectivity index (χ3n) is 2.31. The first-order chi connectivity index (χ1) is 8.30. The van der Waals surface area contributed by atoms with Crippen LogP contribution >= 0.6 is 15.9 Å². The number of carboxylic acids is 1. The number of halogens is 1. The molecule has 0 fully saturated rings. The second kappa shape index (κ2) is 6.31. The summed E-state index contributed by atoms with van der Waals surface area (Å²) in [6.07, 6.45) is -0.400. The Morgan fingerprint density at radius 3 is 2.44 bits per heavy atom. The van der Waals surface area contributed by atoms with Gasteiger partial charge >= 0.3 is 5.97 Å². The molecule has 0 saturated heterocycles. The van der Waals surface area contributed by atoms with Crippen LogP contribution in [0.5, 0.6) is 0 Å². The zero-order chi connectivity index (χ0) is 13.8. The van der Waals surface area contributed by atoms with E-state index >= 15 is 0 Å². The van der Waals surface area contributed by atoms with E-state index in [0.29, 0.717) is 0 Å². The summed E-state index contributed by atoms with van der Waals surface area (Å²) in [4.78, 5) is 10.3. The van der Waals surface area contributed by atoms with E-state index in [-0.39, 0.29) is 0 Å². The fourth-order valence-electron chi connectivity index (χ4n) is 1.37. The highest BCUT2D eigenvalue weighted by molar-refractivity contribution is 9.10. The molecule has 7 heteroatoms. The minimum Gasteiger partial charge on any atom is -0.481 e. The summed E-state index contributed by atoms with van der Waals surface area (Å²) in [5.41, 5.74) is 0.817. The zero-order valence-electron chi connectivity index (χ0n) is 9.76. The molecule has 5 nitrogen and oxygen atoms in total. The van der Waals surface area contributed by atoms with E-state index in [1.165, 1.54) is 0 Å². The fourth-order valence-corrected chi connectivity index (χ4v) is 2.87. The van der Waals surface area contributed by atoms with E-state index in [4.69, 9.17) is 5.11 Å². The summed E-state index contributed by atoms with van der Waals surface area (Å²) in [5, 5.41) is 8.46. The van der Waals surface area contributed by atoms with Gasteiger partial charge in [-0.2, -0.15) is 0 Å². The van der Waals surface area contributed by atoms with E-state index in [1.54, 1.807) is 19.1 Å². The topological polar surface area (TPSA) is 83.5 Å². The summed E-state index contributed by atoms with van der Waals surface area (Å²) in [7, 11) is -3.58. The van der Waals surface area contributed by atoms with E-state index < -0.39 is 34.2 Å². The minimum atomic E-state index is -3.58. The highest BCUT2D eigenvalue weighted by Gasteiger charge is 2.17. The molecule has 0 aliphatic heterocycles. The Morgan fingerprint density at radius 2 is 1.94 bits per heavy atom. The van der Waals surface area contributed by atoms with Crippen molar-refractivity contribution in [3.63, 3.8) is 0 Å². The summed E-state index contributed by atoms with van der Waals surface area (Å²) < 4.78 is 26.6. The molecule has 1 aromatic rings. The van der Waals surface area contributed by atoms with Crippen LogP contribution in [0.1, 0.15) is 24.9 Å². The Hall–Kier alpha value is -0.920. The highest BCUT2D eigenvalue weighted by atomic mass is 79.9. The molecule has 0 amide bonds. The molecular formula is C11H14BrNO4S. The van der Waals surface area contributed by atoms with E-state index in [9.17, 15) is 13.2 Å². The van der Waals surface area contributed by atoms with Gasteiger partial charge in [0.05, 0.1) is 12.2 Å². The third kappa shape index (κ3) is 5.16. The second-order valence-corrected chi connectivity index (χ2v) is 6.64. The van der Waals surface area contributed by atoms with Gasteiger partial charge in [0.1, 0.15) is 0 Å². The van der Waals surface area contributed by atoms with Crippen LogP contribution in [-0.4, -0.2) is 25.2 Å². The molecule has 0 aromatic heterocycles. The first kappa shape index (κ1) is 15.1. The second-order valence-electron chi connectivity index (χ2n) is 3.85. The van der Waals surface area contributed by atoms with Crippen molar-refractivity contribution in [3.8, 4) is 0 Å². The molecule has 0 aliphatic rings. The van der Waals surface area contributed by atoms with Gasteiger partial charge in [-0.3, -0.25) is 4.79 Å². The Kier molecular flexibility index (Phi) is 5.30. The summed E-state index contributed by atoms with van der Waals surface area (Å²) in [6, 6.07) is 6.84. The number of hydrogen-bond acceptors (Lipinski definition) is 3. The molecule has 1 rings (SSSR count).